The molecule has 1 aromatic rings. The Hall–Kier alpha value is -1.72. The minimum absolute atomic E-state index is 0.221. The number of rotatable bonds is 3. The fraction of sp³-hybridized carbons (Fsp3) is 0.400. The molecule has 4 nitrogen and oxygen atoms in total. The summed E-state index contributed by atoms with van der Waals surface area (Å²) in [5.41, 5.74) is -0.358. The van der Waals surface area contributed by atoms with Crippen molar-refractivity contribution in [3.05, 3.63) is 22.9 Å². The maximum absolute atomic E-state index is 12.8. The first kappa shape index (κ1) is 12.4. The van der Waals surface area contributed by atoms with E-state index in [0.717, 1.165) is 7.11 Å². The van der Waals surface area contributed by atoms with Gasteiger partial charge in [-0.1, -0.05) is 0 Å². The van der Waals surface area contributed by atoms with E-state index in [0.29, 0.717) is 5.69 Å². The quantitative estimate of drug-likeness (QED) is 0.747. The molecule has 1 aromatic heterocycles. The molecule has 1 heterocycles. The average Bonchev–Trinajstić information content (AvgIpc) is 2.26. The molecule has 6 heteroatoms. The number of ether oxygens (including phenoxy) is 2. The van der Waals surface area contributed by atoms with Crippen LogP contribution in [0, 0.1) is 6.92 Å². The molecule has 16 heavy (non-hydrogen) atoms. The predicted octanol–water partition coefficient (Wildman–Crippen LogP) is 2.12. The first-order valence-electron chi connectivity index (χ1n) is 4.43. The number of esters is 1. The molecule has 0 saturated carbocycles. The van der Waals surface area contributed by atoms with Crippen LogP contribution in [0.4, 0.5) is 8.78 Å². The van der Waals surface area contributed by atoms with Crippen LogP contribution < -0.4 is 4.74 Å². The zero-order chi connectivity index (χ0) is 12.3. The van der Waals surface area contributed by atoms with Gasteiger partial charge in [-0.15, -0.1) is 0 Å². The van der Waals surface area contributed by atoms with Crippen LogP contribution in [-0.2, 0) is 4.74 Å². The molecule has 0 spiro atoms. The summed E-state index contributed by atoms with van der Waals surface area (Å²) in [6, 6.07) is 1.25. The summed E-state index contributed by atoms with van der Waals surface area (Å²) in [5.74, 6) is -1.09. The molecule has 0 unspecified atom stereocenters. The van der Waals surface area contributed by atoms with Gasteiger partial charge in [0.25, 0.3) is 6.43 Å². The van der Waals surface area contributed by atoms with E-state index in [1.807, 2.05) is 0 Å². The molecule has 0 fully saturated rings. The van der Waals surface area contributed by atoms with Crippen molar-refractivity contribution in [1.82, 2.24) is 4.98 Å². The lowest BCUT2D eigenvalue weighted by Crippen LogP contribution is -2.10. The number of hydrogen-bond acceptors (Lipinski definition) is 4. The Morgan fingerprint density at radius 3 is 2.50 bits per heavy atom. The summed E-state index contributed by atoms with van der Waals surface area (Å²) in [4.78, 5) is 15.1. The van der Waals surface area contributed by atoms with Crippen molar-refractivity contribution in [2.24, 2.45) is 0 Å². The zero-order valence-electron chi connectivity index (χ0n) is 9.08. The molecule has 88 valence electrons. The number of methoxy groups -OCH3 is 2. The van der Waals surface area contributed by atoms with Gasteiger partial charge < -0.3 is 9.47 Å². The minimum Gasteiger partial charge on any atom is -0.481 e. The Morgan fingerprint density at radius 1 is 1.44 bits per heavy atom. The second kappa shape index (κ2) is 4.87. The summed E-state index contributed by atoms with van der Waals surface area (Å²) < 4.78 is 34.7. The van der Waals surface area contributed by atoms with E-state index in [9.17, 15) is 13.6 Å². The number of pyridine rings is 1. The van der Waals surface area contributed by atoms with Gasteiger partial charge in [-0.25, -0.2) is 18.6 Å². The topological polar surface area (TPSA) is 48.4 Å². The van der Waals surface area contributed by atoms with Gasteiger partial charge in [0.05, 0.1) is 25.3 Å². The number of aromatic nitrogens is 1. The standard InChI is InChI=1S/C10H11F2NO3/c1-5-4-6(10(14)16-3)7(8(11)12)9(13-5)15-2/h4,8H,1-3H3. The predicted molar refractivity (Wildman–Crippen MR) is 51.8 cm³/mol. The number of nitrogens with zero attached hydrogens (tertiary/aromatic N) is 1. The Bertz CT molecular complexity index is 407. The lowest BCUT2D eigenvalue weighted by atomic mass is 10.1. The van der Waals surface area contributed by atoms with Crippen molar-refractivity contribution >= 4 is 5.97 Å². The molecular formula is C10H11F2NO3. The van der Waals surface area contributed by atoms with Crippen molar-refractivity contribution < 1.29 is 23.0 Å². The second-order valence-corrected chi connectivity index (χ2v) is 3.03. The Balaban J connectivity index is 3.44. The average molecular weight is 231 g/mol. The largest absolute Gasteiger partial charge is 0.481 e. The van der Waals surface area contributed by atoms with E-state index in [-0.39, 0.29) is 11.4 Å². The van der Waals surface area contributed by atoms with Crippen LogP contribution in [-0.4, -0.2) is 25.2 Å². The lowest BCUT2D eigenvalue weighted by molar-refractivity contribution is 0.0587. The number of carbonyl (C=O) groups excluding carboxylic acids is 1. The Labute approximate surface area is 91.2 Å². The molecular weight excluding hydrogens is 220 g/mol. The second-order valence-electron chi connectivity index (χ2n) is 3.03. The summed E-state index contributed by atoms with van der Waals surface area (Å²) in [6.45, 7) is 1.57. The molecule has 0 radical (unpaired) electrons. The van der Waals surface area contributed by atoms with E-state index in [4.69, 9.17) is 4.74 Å². The summed E-state index contributed by atoms with van der Waals surface area (Å²) in [5, 5.41) is 0. The van der Waals surface area contributed by atoms with Crippen LogP contribution in [0.1, 0.15) is 28.0 Å². The van der Waals surface area contributed by atoms with Crippen LogP contribution in [0.2, 0.25) is 0 Å². The van der Waals surface area contributed by atoms with Crippen molar-refractivity contribution in [2.75, 3.05) is 14.2 Å². The van der Waals surface area contributed by atoms with Gasteiger partial charge in [0.2, 0.25) is 5.88 Å². The van der Waals surface area contributed by atoms with E-state index in [1.54, 1.807) is 6.92 Å². The van der Waals surface area contributed by atoms with Crippen LogP contribution in [0.5, 0.6) is 5.88 Å². The summed E-state index contributed by atoms with van der Waals surface area (Å²) >= 11 is 0. The van der Waals surface area contributed by atoms with Gasteiger partial charge in [-0.3, -0.25) is 0 Å². The first-order valence-corrected chi connectivity index (χ1v) is 4.43. The molecule has 0 amide bonds. The number of hydrogen-bond donors (Lipinski definition) is 0. The van der Waals surface area contributed by atoms with Gasteiger partial charge in [0.1, 0.15) is 0 Å². The highest BCUT2D eigenvalue weighted by atomic mass is 19.3. The maximum Gasteiger partial charge on any atom is 0.338 e. The fourth-order valence-corrected chi connectivity index (χ4v) is 1.30. The van der Waals surface area contributed by atoms with Gasteiger partial charge in [-0.2, -0.15) is 0 Å². The van der Waals surface area contributed by atoms with E-state index in [1.165, 1.54) is 13.2 Å². The number of halogens is 2. The molecule has 0 bridgehead atoms. The number of carbonyl (C=O) groups is 1. The molecule has 0 aliphatic rings. The highest BCUT2D eigenvalue weighted by Crippen LogP contribution is 2.31. The third kappa shape index (κ3) is 2.26. The van der Waals surface area contributed by atoms with Gasteiger partial charge in [0.15, 0.2) is 0 Å². The molecule has 0 atom stereocenters. The monoisotopic (exact) mass is 231 g/mol. The molecule has 0 saturated heterocycles. The van der Waals surface area contributed by atoms with Gasteiger partial charge in [-0.05, 0) is 13.0 Å². The Kier molecular flexibility index (Phi) is 3.76. The van der Waals surface area contributed by atoms with E-state index < -0.39 is 18.0 Å². The van der Waals surface area contributed by atoms with Crippen molar-refractivity contribution in [3.8, 4) is 5.88 Å². The zero-order valence-corrected chi connectivity index (χ0v) is 9.08. The molecule has 0 N–H and O–H groups in total. The van der Waals surface area contributed by atoms with Crippen LogP contribution in [0.25, 0.3) is 0 Å². The molecule has 0 aromatic carbocycles. The highest BCUT2D eigenvalue weighted by molar-refractivity contribution is 5.91. The fourth-order valence-electron chi connectivity index (χ4n) is 1.30. The normalized spacial score (nSPS) is 10.4. The SMILES string of the molecule is COC(=O)c1cc(C)nc(OC)c1C(F)F. The number of aryl methyl sites for hydroxylation is 1. The summed E-state index contributed by atoms with van der Waals surface area (Å²) in [6.07, 6.45) is -2.85. The molecule has 0 aliphatic heterocycles. The van der Waals surface area contributed by atoms with E-state index >= 15 is 0 Å². The third-order valence-corrected chi connectivity index (χ3v) is 1.97. The molecule has 0 aliphatic carbocycles. The van der Waals surface area contributed by atoms with Crippen molar-refractivity contribution in [2.45, 2.75) is 13.3 Å². The minimum atomic E-state index is -2.85. The van der Waals surface area contributed by atoms with E-state index in [2.05, 4.69) is 9.72 Å². The smallest absolute Gasteiger partial charge is 0.338 e. The first-order chi connectivity index (χ1) is 7.51. The van der Waals surface area contributed by atoms with Gasteiger partial charge in [0, 0.05) is 5.69 Å². The van der Waals surface area contributed by atoms with Gasteiger partial charge >= 0.3 is 5.97 Å². The molecule has 1 rings (SSSR count). The van der Waals surface area contributed by atoms with Crippen LogP contribution in [0.15, 0.2) is 6.07 Å². The number of alkyl halides is 2. The lowest BCUT2D eigenvalue weighted by Gasteiger charge is -2.11. The summed E-state index contributed by atoms with van der Waals surface area (Å²) in [7, 11) is 2.34. The van der Waals surface area contributed by atoms with Crippen molar-refractivity contribution in [3.63, 3.8) is 0 Å². The Morgan fingerprint density at radius 2 is 2.06 bits per heavy atom. The van der Waals surface area contributed by atoms with Crippen molar-refractivity contribution in [1.29, 1.82) is 0 Å². The van der Waals surface area contributed by atoms with Crippen LogP contribution >= 0.6 is 0 Å². The third-order valence-electron chi connectivity index (χ3n) is 1.97. The maximum atomic E-state index is 12.8. The highest BCUT2D eigenvalue weighted by Gasteiger charge is 2.25. The van der Waals surface area contributed by atoms with Crippen LogP contribution in [0.3, 0.4) is 0 Å².